The monoisotopic (exact) mass is 338 g/mol. The number of carboxylic acids is 2. The molecule has 3 rings (SSSR count). The lowest BCUT2D eigenvalue weighted by Gasteiger charge is -2.07. The summed E-state index contributed by atoms with van der Waals surface area (Å²) >= 11 is 0. The molecule has 1 aromatic carbocycles. The fourth-order valence-electron chi connectivity index (χ4n) is 2.10. The van der Waals surface area contributed by atoms with Crippen LogP contribution in [0.15, 0.2) is 24.3 Å². The molecule has 8 heteroatoms. The van der Waals surface area contributed by atoms with Gasteiger partial charge in [-0.1, -0.05) is 24.3 Å². The summed E-state index contributed by atoms with van der Waals surface area (Å²) in [6.07, 6.45) is 0. The molecule has 2 heterocycles. The number of carboxylic acid groups (broad SMARTS) is 2. The summed E-state index contributed by atoms with van der Waals surface area (Å²) in [5.74, 6) is -2.67. The fraction of sp³-hybridized carbons (Fsp3) is 0.500. The van der Waals surface area contributed by atoms with Crippen molar-refractivity contribution in [2.24, 2.45) is 0 Å². The Morgan fingerprint density at radius 3 is 1.12 bits per heavy atom. The molecule has 0 atom stereocenters. The van der Waals surface area contributed by atoms with Crippen LogP contribution in [-0.2, 0) is 0 Å². The van der Waals surface area contributed by atoms with Crippen LogP contribution in [0.25, 0.3) is 0 Å². The van der Waals surface area contributed by atoms with Crippen LogP contribution in [0.2, 0.25) is 0 Å². The number of aromatic carboxylic acids is 2. The summed E-state index contributed by atoms with van der Waals surface area (Å²) in [6, 6.07) is 4.61. The van der Waals surface area contributed by atoms with Crippen molar-refractivity contribution in [3.05, 3.63) is 35.4 Å². The van der Waals surface area contributed by atoms with Gasteiger partial charge in [0, 0.05) is 26.2 Å². The maximum absolute atomic E-state index is 10.2. The van der Waals surface area contributed by atoms with E-state index in [0.717, 1.165) is 24.3 Å². The number of nitrogens with two attached hydrogens (primary N) is 2. The van der Waals surface area contributed by atoms with Gasteiger partial charge in [0.1, 0.15) is 0 Å². The average Bonchev–Trinajstić information content (AvgIpc) is 2.65. The molecule has 0 saturated carbocycles. The predicted molar refractivity (Wildman–Crippen MR) is 84.2 cm³/mol. The lowest BCUT2D eigenvalue weighted by Crippen LogP contribution is -2.89. The van der Waals surface area contributed by atoms with Crippen molar-refractivity contribution in [1.29, 1.82) is 0 Å². The van der Waals surface area contributed by atoms with Gasteiger partial charge in [-0.25, -0.2) is 0 Å². The van der Waals surface area contributed by atoms with Crippen LogP contribution < -0.4 is 31.5 Å². The van der Waals surface area contributed by atoms with E-state index in [4.69, 9.17) is 0 Å². The van der Waals surface area contributed by atoms with E-state index in [1.165, 1.54) is 52.4 Å². The molecule has 134 valence electrons. The molecule has 0 aromatic heterocycles. The lowest BCUT2D eigenvalue weighted by atomic mass is 10.1. The molecule has 24 heavy (non-hydrogen) atoms. The summed E-state index contributed by atoms with van der Waals surface area (Å²) in [6.45, 7) is 9.83. The number of piperazine rings is 2. The summed E-state index contributed by atoms with van der Waals surface area (Å²) in [5.41, 5.74) is -0.111. The van der Waals surface area contributed by atoms with Gasteiger partial charge in [-0.15, -0.1) is 0 Å². The third-order valence-electron chi connectivity index (χ3n) is 3.46. The molecule has 0 bridgehead atoms. The van der Waals surface area contributed by atoms with E-state index in [9.17, 15) is 19.8 Å². The molecule has 8 nitrogen and oxygen atoms in total. The summed E-state index contributed by atoms with van der Waals surface area (Å²) < 4.78 is 0. The molecule has 0 amide bonds. The lowest BCUT2D eigenvalue weighted by molar-refractivity contribution is -0.657. The minimum atomic E-state index is -1.33. The van der Waals surface area contributed by atoms with Crippen LogP contribution >= 0.6 is 0 Å². The van der Waals surface area contributed by atoms with Crippen molar-refractivity contribution in [3.63, 3.8) is 0 Å². The third-order valence-corrected chi connectivity index (χ3v) is 3.46. The maximum atomic E-state index is 10.2. The van der Waals surface area contributed by atoms with Crippen LogP contribution in [0.3, 0.4) is 0 Å². The Balaban J connectivity index is 0.000000200. The highest BCUT2D eigenvalue weighted by molar-refractivity contribution is 5.89. The Hall–Kier alpha value is -2.00. The van der Waals surface area contributed by atoms with Gasteiger partial charge in [0.15, 0.2) is 0 Å². The van der Waals surface area contributed by atoms with Gasteiger partial charge in [0.05, 0.1) is 38.1 Å². The zero-order valence-corrected chi connectivity index (χ0v) is 13.8. The first-order valence-corrected chi connectivity index (χ1v) is 8.19. The normalized spacial score (nSPS) is 16.7. The molecule has 1 aromatic rings. The second-order valence-electron chi connectivity index (χ2n) is 5.38. The Kier molecular flexibility index (Phi) is 10.4. The molecule has 0 radical (unpaired) electrons. The molecule has 2 fully saturated rings. The van der Waals surface area contributed by atoms with Gasteiger partial charge in [-0.3, -0.25) is 0 Å². The Morgan fingerprint density at radius 2 is 1.00 bits per heavy atom. The SMILES string of the molecule is C1C[NH2+]CCN1.C1C[NH2+]CCN1.O=C([O-])c1ccc(C(=O)[O-])cc1. The molecule has 2 aliphatic heterocycles. The van der Waals surface area contributed by atoms with Gasteiger partial charge in [-0.05, 0) is 11.1 Å². The number of carbonyl (C=O) groups excluding carboxylic acids is 2. The maximum Gasteiger partial charge on any atom is 0.0882 e. The minimum absolute atomic E-state index is 0.0556. The predicted octanol–water partition coefficient (Wildman–Crippen LogP) is -5.28. The van der Waals surface area contributed by atoms with Crippen molar-refractivity contribution in [1.82, 2.24) is 10.6 Å². The Morgan fingerprint density at radius 1 is 0.708 bits per heavy atom. The fourth-order valence-corrected chi connectivity index (χ4v) is 2.10. The van der Waals surface area contributed by atoms with Gasteiger partial charge < -0.3 is 41.1 Å². The van der Waals surface area contributed by atoms with E-state index in [2.05, 4.69) is 21.3 Å². The van der Waals surface area contributed by atoms with E-state index >= 15 is 0 Å². The standard InChI is InChI=1S/C8H6O4.2C4H10N2/c9-7(10)5-1-2-6(4-3-5)8(11)12;2*1-2-6-4-3-5-1/h1-4H,(H,9,10)(H,11,12);2*5-6H,1-4H2. The van der Waals surface area contributed by atoms with Gasteiger partial charge in [0.25, 0.3) is 0 Å². The molecule has 0 unspecified atom stereocenters. The smallest absolute Gasteiger partial charge is 0.0882 e. The zero-order chi connectivity index (χ0) is 17.6. The Labute approximate surface area is 141 Å². The number of carbonyl (C=O) groups is 2. The van der Waals surface area contributed by atoms with Crippen molar-refractivity contribution in [3.8, 4) is 0 Å². The van der Waals surface area contributed by atoms with Crippen LogP contribution in [0.1, 0.15) is 20.7 Å². The molecular formula is C16H26N4O4. The highest BCUT2D eigenvalue weighted by atomic mass is 16.4. The van der Waals surface area contributed by atoms with E-state index < -0.39 is 11.9 Å². The topological polar surface area (TPSA) is 138 Å². The van der Waals surface area contributed by atoms with Crippen LogP contribution in [0.4, 0.5) is 0 Å². The summed E-state index contributed by atoms with van der Waals surface area (Å²) in [5, 5.41) is 31.6. The second-order valence-corrected chi connectivity index (χ2v) is 5.38. The summed E-state index contributed by atoms with van der Waals surface area (Å²) in [4.78, 5) is 20.4. The highest BCUT2D eigenvalue weighted by Gasteiger charge is 1.96. The van der Waals surface area contributed by atoms with Crippen molar-refractivity contribution >= 4 is 11.9 Å². The number of hydrogen-bond acceptors (Lipinski definition) is 6. The first-order valence-electron chi connectivity index (χ1n) is 8.19. The molecule has 2 saturated heterocycles. The number of rotatable bonds is 2. The number of benzene rings is 1. The third kappa shape index (κ3) is 9.21. The zero-order valence-electron chi connectivity index (χ0n) is 13.8. The Bertz CT molecular complexity index is 417. The number of nitrogens with one attached hydrogen (secondary N) is 2. The highest BCUT2D eigenvalue weighted by Crippen LogP contribution is 2.01. The molecule has 2 aliphatic rings. The van der Waals surface area contributed by atoms with Gasteiger partial charge in [0.2, 0.25) is 0 Å². The van der Waals surface area contributed by atoms with E-state index in [0.29, 0.717) is 0 Å². The van der Waals surface area contributed by atoms with Gasteiger partial charge >= 0.3 is 0 Å². The van der Waals surface area contributed by atoms with E-state index in [1.54, 1.807) is 0 Å². The first-order chi connectivity index (χ1) is 11.6. The van der Waals surface area contributed by atoms with E-state index in [-0.39, 0.29) is 11.1 Å². The number of hydrogen-bond donors (Lipinski definition) is 4. The molecule has 0 aliphatic carbocycles. The van der Waals surface area contributed by atoms with Crippen LogP contribution in [0.5, 0.6) is 0 Å². The minimum Gasteiger partial charge on any atom is -0.545 e. The van der Waals surface area contributed by atoms with E-state index in [1.807, 2.05) is 0 Å². The molecule has 0 spiro atoms. The van der Waals surface area contributed by atoms with Crippen LogP contribution in [0, 0.1) is 0 Å². The first kappa shape index (κ1) is 20.0. The average molecular weight is 338 g/mol. The molecular weight excluding hydrogens is 312 g/mol. The quantitative estimate of drug-likeness (QED) is 0.425. The molecule has 6 N–H and O–H groups in total. The number of quaternary nitrogens is 2. The van der Waals surface area contributed by atoms with Crippen molar-refractivity contribution < 1.29 is 30.4 Å². The van der Waals surface area contributed by atoms with Crippen LogP contribution in [-0.4, -0.2) is 64.3 Å². The van der Waals surface area contributed by atoms with Gasteiger partial charge in [-0.2, -0.15) is 0 Å². The van der Waals surface area contributed by atoms with Crippen molar-refractivity contribution in [2.75, 3.05) is 52.4 Å². The largest absolute Gasteiger partial charge is 0.545 e. The second kappa shape index (κ2) is 12.4. The summed E-state index contributed by atoms with van der Waals surface area (Å²) in [7, 11) is 0. The van der Waals surface area contributed by atoms with Crippen molar-refractivity contribution in [2.45, 2.75) is 0 Å².